The first kappa shape index (κ1) is 13.3. The van der Waals surface area contributed by atoms with Crippen LogP contribution in [0, 0.1) is 0 Å². The van der Waals surface area contributed by atoms with Crippen LogP contribution in [0.2, 0.25) is 0 Å². The molecular formula is C11H24. The van der Waals surface area contributed by atoms with Crippen LogP contribution < -0.4 is 0 Å². The third-order valence-electron chi connectivity index (χ3n) is 1.27. The van der Waals surface area contributed by atoms with Gasteiger partial charge in [-0.25, -0.2) is 0 Å². The molecule has 0 heteroatoms. The van der Waals surface area contributed by atoms with E-state index in [4.69, 9.17) is 0 Å². The zero-order valence-corrected chi connectivity index (χ0v) is 8.91. The molecule has 0 unspecified atom stereocenters. The summed E-state index contributed by atoms with van der Waals surface area (Å²) in [6.45, 7) is 10.5. The summed E-state index contributed by atoms with van der Waals surface area (Å²) in [5.74, 6) is 0. The normalized spacial score (nSPS) is 13.7. The molecule has 0 radical (unpaired) electrons. The van der Waals surface area contributed by atoms with Gasteiger partial charge >= 0.3 is 0 Å². The minimum atomic E-state index is 1.25. The zero-order chi connectivity index (χ0) is 9.11. The zero-order valence-electron chi connectivity index (χ0n) is 8.91. The fraction of sp³-hybridized carbons (Fsp3) is 0.818. The average molecular weight is 156 g/mol. The lowest BCUT2D eigenvalue weighted by molar-refractivity contribution is 0.907. The number of rotatable bonds is 0. The minimum absolute atomic E-state index is 1.25. The van der Waals surface area contributed by atoms with Crippen molar-refractivity contribution in [3.05, 3.63) is 11.6 Å². The van der Waals surface area contributed by atoms with E-state index in [1.807, 2.05) is 13.8 Å². The topological polar surface area (TPSA) is 0 Å². The largest absolute Gasteiger partial charge is 0.0856 e. The molecule has 0 saturated carbocycles. The molecule has 1 aliphatic rings. The van der Waals surface area contributed by atoms with Gasteiger partial charge in [0.2, 0.25) is 0 Å². The first-order valence-corrected chi connectivity index (χ1v) is 4.96. The molecule has 0 spiro atoms. The van der Waals surface area contributed by atoms with Gasteiger partial charge in [0, 0.05) is 0 Å². The predicted octanol–water partition coefficient (Wildman–Crippen LogP) is 4.56. The van der Waals surface area contributed by atoms with E-state index >= 15 is 0 Å². The molecule has 0 amide bonds. The van der Waals surface area contributed by atoms with Crippen LogP contribution in [-0.4, -0.2) is 0 Å². The van der Waals surface area contributed by atoms with Crippen LogP contribution in [0.25, 0.3) is 0 Å². The van der Waals surface area contributed by atoms with Crippen LogP contribution in [0.15, 0.2) is 11.6 Å². The molecule has 1 aliphatic carbocycles. The maximum Gasteiger partial charge on any atom is -0.0320 e. The smallest absolute Gasteiger partial charge is 0.0320 e. The molecular weight excluding hydrogens is 132 g/mol. The molecule has 0 N–H and O–H groups in total. The quantitative estimate of drug-likeness (QED) is 0.451. The van der Waals surface area contributed by atoms with Crippen molar-refractivity contribution in [3.8, 4) is 0 Å². The van der Waals surface area contributed by atoms with Crippen LogP contribution in [0.3, 0.4) is 0 Å². The third kappa shape index (κ3) is 12.8. The maximum absolute atomic E-state index is 2.32. The van der Waals surface area contributed by atoms with Gasteiger partial charge in [-0.2, -0.15) is 0 Å². The summed E-state index contributed by atoms with van der Waals surface area (Å²) >= 11 is 0. The summed E-state index contributed by atoms with van der Waals surface area (Å²) in [5, 5.41) is 0. The van der Waals surface area contributed by atoms with Crippen molar-refractivity contribution in [2.75, 3.05) is 0 Å². The van der Waals surface area contributed by atoms with Gasteiger partial charge in [-0.05, 0) is 26.2 Å². The van der Waals surface area contributed by atoms with Crippen LogP contribution in [0.5, 0.6) is 0 Å². The van der Waals surface area contributed by atoms with Crippen molar-refractivity contribution in [2.24, 2.45) is 0 Å². The summed E-state index contributed by atoms with van der Waals surface area (Å²) in [6, 6.07) is 0. The van der Waals surface area contributed by atoms with Crippen molar-refractivity contribution in [1.82, 2.24) is 0 Å². The Labute approximate surface area is 72.7 Å². The maximum atomic E-state index is 2.32. The third-order valence-corrected chi connectivity index (χ3v) is 1.27. The lowest BCUT2D eigenvalue weighted by Gasteiger charge is -1.79. The molecule has 0 aliphatic heterocycles. The van der Waals surface area contributed by atoms with E-state index in [0.29, 0.717) is 0 Å². The van der Waals surface area contributed by atoms with E-state index in [1.165, 1.54) is 25.7 Å². The Balaban J connectivity index is 0. The van der Waals surface area contributed by atoms with Gasteiger partial charge in [-0.15, -0.1) is 0 Å². The molecule has 0 aromatic heterocycles. The summed E-state index contributed by atoms with van der Waals surface area (Å²) in [6.07, 6.45) is 7.64. The lowest BCUT2D eigenvalue weighted by Crippen LogP contribution is -1.59. The van der Waals surface area contributed by atoms with E-state index in [2.05, 4.69) is 26.8 Å². The van der Waals surface area contributed by atoms with Crippen molar-refractivity contribution in [3.63, 3.8) is 0 Å². The molecule has 11 heavy (non-hydrogen) atoms. The van der Waals surface area contributed by atoms with Gasteiger partial charge in [0.15, 0.2) is 0 Å². The molecule has 0 saturated heterocycles. The monoisotopic (exact) mass is 156 g/mol. The second kappa shape index (κ2) is 12.4. The fourth-order valence-electron chi connectivity index (χ4n) is 0.831. The Morgan fingerprint density at radius 1 is 1.27 bits per heavy atom. The molecule has 0 atom stereocenters. The average Bonchev–Trinajstić information content (AvgIpc) is 2.46. The number of hydrogen-bond acceptors (Lipinski definition) is 0. The SMILES string of the molecule is CC.CC1=CCCC1.CCC. The number of hydrogen-bond donors (Lipinski definition) is 0. The first-order valence-electron chi connectivity index (χ1n) is 4.96. The molecule has 0 nitrogen and oxygen atoms in total. The summed E-state index contributed by atoms with van der Waals surface area (Å²) in [4.78, 5) is 0. The Morgan fingerprint density at radius 2 is 1.73 bits per heavy atom. The summed E-state index contributed by atoms with van der Waals surface area (Å²) in [7, 11) is 0. The molecule has 0 fully saturated rings. The van der Waals surface area contributed by atoms with Gasteiger partial charge in [-0.1, -0.05) is 45.8 Å². The van der Waals surface area contributed by atoms with E-state index < -0.39 is 0 Å². The first-order chi connectivity index (χ1) is 5.31. The summed E-state index contributed by atoms with van der Waals surface area (Å²) < 4.78 is 0. The van der Waals surface area contributed by atoms with Gasteiger partial charge in [-0.3, -0.25) is 0 Å². The Bertz CT molecular complexity index is 80.0. The molecule has 1 rings (SSSR count). The Kier molecular flexibility index (Phi) is 15.1. The molecule has 0 aromatic rings. The van der Waals surface area contributed by atoms with Crippen molar-refractivity contribution in [2.45, 2.75) is 60.3 Å². The van der Waals surface area contributed by atoms with E-state index in [-0.39, 0.29) is 0 Å². The molecule has 0 bridgehead atoms. The highest BCUT2D eigenvalue weighted by atomic mass is 14.0. The van der Waals surface area contributed by atoms with Gasteiger partial charge in [0.1, 0.15) is 0 Å². The van der Waals surface area contributed by atoms with Crippen LogP contribution in [0.4, 0.5) is 0 Å². The number of allylic oxidation sites excluding steroid dienone is 2. The Hall–Kier alpha value is -0.260. The van der Waals surface area contributed by atoms with Gasteiger partial charge in [0.25, 0.3) is 0 Å². The highest BCUT2D eigenvalue weighted by Crippen LogP contribution is 2.15. The Morgan fingerprint density at radius 3 is 1.82 bits per heavy atom. The second-order valence-electron chi connectivity index (χ2n) is 2.65. The van der Waals surface area contributed by atoms with E-state index in [1.54, 1.807) is 5.57 Å². The molecule has 0 heterocycles. The fourth-order valence-corrected chi connectivity index (χ4v) is 0.831. The second-order valence-corrected chi connectivity index (χ2v) is 2.65. The van der Waals surface area contributed by atoms with Gasteiger partial charge < -0.3 is 0 Å². The standard InChI is InChI=1S/C6H10.C3H8.C2H6/c1-6-4-2-3-5-6;1-3-2;1-2/h4H,2-3,5H2,1H3;3H2,1-2H3;1-2H3. The predicted molar refractivity (Wildman–Crippen MR) is 54.9 cm³/mol. The van der Waals surface area contributed by atoms with Crippen LogP contribution >= 0.6 is 0 Å². The van der Waals surface area contributed by atoms with Crippen LogP contribution in [-0.2, 0) is 0 Å². The molecule has 0 aromatic carbocycles. The van der Waals surface area contributed by atoms with Crippen molar-refractivity contribution >= 4 is 0 Å². The van der Waals surface area contributed by atoms with E-state index in [0.717, 1.165) is 0 Å². The van der Waals surface area contributed by atoms with Gasteiger partial charge in [0.05, 0.1) is 0 Å². The molecule has 68 valence electrons. The minimum Gasteiger partial charge on any atom is -0.0856 e. The highest BCUT2D eigenvalue weighted by Gasteiger charge is 1.94. The van der Waals surface area contributed by atoms with Crippen LogP contribution in [0.1, 0.15) is 60.3 Å². The summed E-state index contributed by atoms with van der Waals surface area (Å²) in [5.41, 5.74) is 1.58. The van der Waals surface area contributed by atoms with Crippen molar-refractivity contribution in [1.29, 1.82) is 0 Å². The highest BCUT2D eigenvalue weighted by molar-refractivity contribution is 5.02. The van der Waals surface area contributed by atoms with E-state index in [9.17, 15) is 0 Å². The lowest BCUT2D eigenvalue weighted by atomic mass is 10.3. The van der Waals surface area contributed by atoms with Crippen molar-refractivity contribution < 1.29 is 0 Å².